The number of halogens is 1. The average Bonchev–Trinajstić information content (AvgIpc) is 2.83. The van der Waals surface area contributed by atoms with E-state index in [4.69, 9.17) is 25.8 Å². The third-order valence-electron chi connectivity index (χ3n) is 5.51. The van der Waals surface area contributed by atoms with Crippen LogP contribution in [0.15, 0.2) is 60.4 Å². The van der Waals surface area contributed by atoms with E-state index in [2.05, 4.69) is 0 Å². The molecule has 0 aliphatic carbocycles. The number of hydrogen-bond acceptors (Lipinski definition) is 5. The van der Waals surface area contributed by atoms with Crippen molar-refractivity contribution in [2.45, 2.75) is 31.8 Å². The Kier molecular flexibility index (Phi) is 7.25. The van der Waals surface area contributed by atoms with Gasteiger partial charge in [-0.05, 0) is 34.9 Å². The quantitative estimate of drug-likeness (QED) is 0.738. The smallest absolute Gasteiger partial charge is 0.288 e. The van der Waals surface area contributed by atoms with Crippen LogP contribution in [-0.4, -0.2) is 48.5 Å². The van der Waals surface area contributed by atoms with Gasteiger partial charge in [-0.15, -0.1) is 0 Å². The number of rotatable bonds is 6. The highest BCUT2D eigenvalue weighted by Crippen LogP contribution is 2.33. The van der Waals surface area contributed by atoms with E-state index in [9.17, 15) is 9.90 Å². The minimum absolute atomic E-state index is 0.00739. The lowest BCUT2D eigenvalue weighted by atomic mass is 9.93. The first kappa shape index (κ1) is 21.8. The van der Waals surface area contributed by atoms with Crippen molar-refractivity contribution >= 4 is 17.5 Å². The molecular formula is C24H26ClNO5. The van der Waals surface area contributed by atoms with Crippen molar-refractivity contribution < 1.29 is 24.1 Å². The molecule has 7 heteroatoms. The molecule has 4 rings (SSSR count). The molecular weight excluding hydrogens is 418 g/mol. The lowest BCUT2D eigenvalue weighted by molar-refractivity contribution is -0.158. The number of nitrogens with zero attached hydrogens (tertiary/aromatic N) is 1. The zero-order valence-electron chi connectivity index (χ0n) is 17.2. The first-order chi connectivity index (χ1) is 15.1. The number of aliphatic hydroxyl groups is 1. The average molecular weight is 444 g/mol. The molecule has 2 heterocycles. The molecule has 6 nitrogen and oxygen atoms in total. The van der Waals surface area contributed by atoms with E-state index >= 15 is 0 Å². The monoisotopic (exact) mass is 443 g/mol. The molecule has 2 aromatic rings. The minimum Gasteiger partial charge on any atom is -0.459 e. The standard InChI is InChI=1S/C24H26ClNO5/c25-21-7-5-19(6-8-21)20-13-22(24(28)26-9-11-29-12-10-26)31-23(14-20)30-16-18-3-1-17(15-27)2-4-18/h1-8,13,20,23,27H,9-12,14-16H2/t20-,23+/m1/s1. The van der Waals surface area contributed by atoms with E-state index in [1.165, 1.54) is 0 Å². The second-order valence-electron chi connectivity index (χ2n) is 7.66. The molecule has 2 aliphatic rings. The fourth-order valence-corrected chi connectivity index (χ4v) is 3.83. The number of amides is 1. The number of carbonyl (C=O) groups is 1. The number of hydrogen-bond donors (Lipinski definition) is 1. The van der Waals surface area contributed by atoms with E-state index in [0.717, 1.165) is 16.7 Å². The van der Waals surface area contributed by atoms with Crippen LogP contribution in [0.25, 0.3) is 0 Å². The number of ether oxygens (including phenoxy) is 3. The van der Waals surface area contributed by atoms with Crippen LogP contribution in [0.1, 0.15) is 29.0 Å². The highest BCUT2D eigenvalue weighted by Gasteiger charge is 2.31. The minimum atomic E-state index is -0.553. The molecule has 0 bridgehead atoms. The molecule has 1 N–H and O–H groups in total. The molecule has 2 aromatic carbocycles. The van der Waals surface area contributed by atoms with Gasteiger partial charge in [-0.25, -0.2) is 0 Å². The fraction of sp³-hybridized carbons (Fsp3) is 0.375. The maximum atomic E-state index is 13.1. The van der Waals surface area contributed by atoms with Gasteiger partial charge in [0.15, 0.2) is 5.76 Å². The van der Waals surface area contributed by atoms with Crippen molar-refractivity contribution in [3.05, 3.63) is 82.1 Å². The summed E-state index contributed by atoms with van der Waals surface area (Å²) >= 11 is 6.05. The molecule has 0 unspecified atom stereocenters. The predicted octanol–water partition coefficient (Wildman–Crippen LogP) is 3.62. The van der Waals surface area contributed by atoms with Gasteiger partial charge in [0.2, 0.25) is 6.29 Å². The Labute approximate surface area is 187 Å². The highest BCUT2D eigenvalue weighted by molar-refractivity contribution is 6.30. The molecule has 31 heavy (non-hydrogen) atoms. The van der Waals surface area contributed by atoms with Gasteiger partial charge in [0.25, 0.3) is 5.91 Å². The van der Waals surface area contributed by atoms with Crippen molar-refractivity contribution in [3.8, 4) is 0 Å². The van der Waals surface area contributed by atoms with E-state index in [-0.39, 0.29) is 18.4 Å². The summed E-state index contributed by atoms with van der Waals surface area (Å²) in [5.74, 6) is 0.157. The summed E-state index contributed by atoms with van der Waals surface area (Å²) in [6, 6.07) is 15.2. The summed E-state index contributed by atoms with van der Waals surface area (Å²) in [6.45, 7) is 2.52. The summed E-state index contributed by atoms with van der Waals surface area (Å²) in [4.78, 5) is 14.8. The molecule has 1 fully saturated rings. The summed E-state index contributed by atoms with van der Waals surface area (Å²) in [5, 5.41) is 9.87. The van der Waals surface area contributed by atoms with Gasteiger partial charge in [-0.2, -0.15) is 0 Å². The van der Waals surface area contributed by atoms with Crippen molar-refractivity contribution in [1.29, 1.82) is 0 Å². The Morgan fingerprint density at radius 3 is 2.42 bits per heavy atom. The Morgan fingerprint density at radius 2 is 1.74 bits per heavy atom. The first-order valence-electron chi connectivity index (χ1n) is 10.4. The fourth-order valence-electron chi connectivity index (χ4n) is 3.71. The molecule has 1 amide bonds. The van der Waals surface area contributed by atoms with Gasteiger partial charge in [-0.1, -0.05) is 48.0 Å². The van der Waals surface area contributed by atoms with E-state index < -0.39 is 6.29 Å². The second-order valence-corrected chi connectivity index (χ2v) is 8.10. The number of allylic oxidation sites excluding steroid dienone is 1. The van der Waals surface area contributed by atoms with Gasteiger partial charge < -0.3 is 24.2 Å². The highest BCUT2D eigenvalue weighted by atomic mass is 35.5. The zero-order valence-corrected chi connectivity index (χ0v) is 18.0. The van der Waals surface area contributed by atoms with Crippen LogP contribution in [0.2, 0.25) is 5.02 Å². The van der Waals surface area contributed by atoms with Crippen LogP contribution in [-0.2, 0) is 32.2 Å². The Hall–Kier alpha value is -2.38. The SMILES string of the molecule is O=C(C1=C[C@@H](c2ccc(Cl)cc2)C[C@@H](OCc2ccc(CO)cc2)O1)N1CCOCC1. The van der Waals surface area contributed by atoms with Gasteiger partial charge in [0.1, 0.15) is 0 Å². The third kappa shape index (κ3) is 5.66. The van der Waals surface area contributed by atoms with Crippen LogP contribution >= 0.6 is 11.6 Å². The third-order valence-corrected chi connectivity index (χ3v) is 5.76. The second kappa shape index (κ2) is 10.3. The van der Waals surface area contributed by atoms with Gasteiger partial charge in [0.05, 0.1) is 26.4 Å². The lowest BCUT2D eigenvalue weighted by Gasteiger charge is -2.33. The summed E-state index contributed by atoms with van der Waals surface area (Å²) < 4.78 is 17.4. The Morgan fingerprint density at radius 1 is 1.06 bits per heavy atom. The molecule has 164 valence electrons. The van der Waals surface area contributed by atoms with Crippen LogP contribution in [0, 0.1) is 0 Å². The largest absolute Gasteiger partial charge is 0.459 e. The van der Waals surface area contributed by atoms with Crippen LogP contribution in [0.5, 0.6) is 0 Å². The molecule has 0 aromatic heterocycles. The number of morpholine rings is 1. The lowest BCUT2D eigenvalue weighted by Crippen LogP contribution is -2.43. The topological polar surface area (TPSA) is 68.2 Å². The van der Waals surface area contributed by atoms with E-state index in [0.29, 0.717) is 50.1 Å². The van der Waals surface area contributed by atoms with E-state index in [1.807, 2.05) is 54.6 Å². The van der Waals surface area contributed by atoms with Crippen molar-refractivity contribution in [2.75, 3.05) is 26.3 Å². The predicted molar refractivity (Wildman–Crippen MR) is 116 cm³/mol. The van der Waals surface area contributed by atoms with Gasteiger partial charge in [0, 0.05) is 30.5 Å². The molecule has 0 spiro atoms. The van der Waals surface area contributed by atoms with Crippen molar-refractivity contribution in [3.63, 3.8) is 0 Å². The summed E-state index contributed by atoms with van der Waals surface area (Å²) in [5.41, 5.74) is 2.88. The number of carbonyl (C=O) groups excluding carboxylic acids is 1. The molecule has 1 saturated heterocycles. The maximum Gasteiger partial charge on any atom is 0.288 e. The summed E-state index contributed by atoms with van der Waals surface area (Å²) in [6.07, 6.45) is 1.93. The molecule has 2 aliphatic heterocycles. The van der Waals surface area contributed by atoms with Crippen LogP contribution in [0.3, 0.4) is 0 Å². The van der Waals surface area contributed by atoms with Gasteiger partial charge in [-0.3, -0.25) is 4.79 Å². The number of benzene rings is 2. The summed E-state index contributed by atoms with van der Waals surface area (Å²) in [7, 11) is 0. The van der Waals surface area contributed by atoms with Crippen LogP contribution < -0.4 is 0 Å². The van der Waals surface area contributed by atoms with Crippen molar-refractivity contribution in [1.82, 2.24) is 4.90 Å². The zero-order chi connectivity index (χ0) is 21.6. The Bertz CT molecular complexity index is 907. The molecule has 0 saturated carbocycles. The maximum absolute atomic E-state index is 13.1. The van der Waals surface area contributed by atoms with E-state index in [1.54, 1.807) is 4.90 Å². The molecule has 0 radical (unpaired) electrons. The van der Waals surface area contributed by atoms with Crippen LogP contribution in [0.4, 0.5) is 0 Å². The number of aliphatic hydroxyl groups excluding tert-OH is 1. The van der Waals surface area contributed by atoms with Gasteiger partial charge >= 0.3 is 0 Å². The normalized spacial score (nSPS) is 21.4. The first-order valence-corrected chi connectivity index (χ1v) is 10.8. The molecule has 2 atom stereocenters. The van der Waals surface area contributed by atoms with Crippen molar-refractivity contribution in [2.24, 2.45) is 0 Å². The Balaban J connectivity index is 1.49.